The van der Waals surface area contributed by atoms with Crippen LogP contribution in [-0.2, 0) is 4.74 Å². The maximum absolute atomic E-state index is 5.74. The van der Waals surface area contributed by atoms with E-state index in [1.54, 1.807) is 13.3 Å². The van der Waals surface area contributed by atoms with E-state index in [0.29, 0.717) is 34.9 Å². The monoisotopic (exact) mass is 426 g/mol. The number of aryl methyl sites for hydroxylation is 1. The van der Waals surface area contributed by atoms with Crippen molar-refractivity contribution >= 4 is 17.0 Å². The third kappa shape index (κ3) is 4.47. The molecule has 3 aromatic rings. The molecule has 1 fully saturated rings. The van der Waals surface area contributed by atoms with E-state index in [4.69, 9.17) is 13.9 Å². The van der Waals surface area contributed by atoms with Gasteiger partial charge in [0, 0.05) is 50.3 Å². The van der Waals surface area contributed by atoms with Gasteiger partial charge >= 0.3 is 0 Å². The number of oxazole rings is 1. The molecular formula is C22H30N6O3. The van der Waals surface area contributed by atoms with Crippen molar-refractivity contribution < 1.29 is 13.9 Å². The zero-order valence-corrected chi connectivity index (χ0v) is 19.0. The number of rotatable bonds is 6. The minimum absolute atomic E-state index is 0.116. The summed E-state index contributed by atoms with van der Waals surface area (Å²) in [7, 11) is 3.76. The molecule has 0 amide bonds. The highest BCUT2D eigenvalue weighted by atomic mass is 16.7. The van der Waals surface area contributed by atoms with Gasteiger partial charge in [0.05, 0.1) is 6.20 Å². The first-order valence-electron chi connectivity index (χ1n) is 10.5. The van der Waals surface area contributed by atoms with E-state index >= 15 is 0 Å². The highest BCUT2D eigenvalue weighted by molar-refractivity contribution is 5.83. The quantitative estimate of drug-likeness (QED) is 0.551. The molecule has 1 atom stereocenters. The van der Waals surface area contributed by atoms with Crippen molar-refractivity contribution in [3.05, 3.63) is 24.2 Å². The van der Waals surface area contributed by atoms with Crippen molar-refractivity contribution in [2.45, 2.75) is 45.7 Å². The van der Waals surface area contributed by atoms with Crippen LogP contribution in [0.5, 0.6) is 5.75 Å². The van der Waals surface area contributed by atoms with Crippen molar-refractivity contribution in [1.82, 2.24) is 25.1 Å². The lowest BCUT2D eigenvalue weighted by Crippen LogP contribution is -2.46. The van der Waals surface area contributed by atoms with Gasteiger partial charge in [-0.2, -0.15) is 0 Å². The Morgan fingerprint density at radius 1 is 1.26 bits per heavy atom. The number of hydrogen-bond donors (Lipinski definition) is 0. The summed E-state index contributed by atoms with van der Waals surface area (Å²) in [6.45, 7) is 10.4. The van der Waals surface area contributed by atoms with E-state index in [1.807, 2.05) is 19.1 Å². The summed E-state index contributed by atoms with van der Waals surface area (Å²) in [5.74, 6) is 1.83. The van der Waals surface area contributed by atoms with Gasteiger partial charge in [-0.3, -0.25) is 4.90 Å². The summed E-state index contributed by atoms with van der Waals surface area (Å²) in [4.78, 5) is 13.6. The highest BCUT2D eigenvalue weighted by Crippen LogP contribution is 2.33. The molecule has 0 N–H and O–H groups in total. The van der Waals surface area contributed by atoms with Crippen LogP contribution in [0, 0.1) is 6.92 Å². The smallest absolute Gasteiger partial charge is 0.245 e. The SMILES string of the molecule is COCOc1cc2nc(C)oc2cc1-c1cnc(N2CC[C@@H](N(C)C(C)(C)C)C2)nn1. The number of likely N-dealkylation sites (N-methyl/N-ethyl adjacent to an activating group) is 1. The number of anilines is 1. The summed E-state index contributed by atoms with van der Waals surface area (Å²) in [5, 5.41) is 8.86. The maximum Gasteiger partial charge on any atom is 0.245 e. The fourth-order valence-electron chi connectivity index (χ4n) is 3.84. The predicted octanol–water partition coefficient (Wildman–Crippen LogP) is 3.28. The van der Waals surface area contributed by atoms with Gasteiger partial charge in [-0.1, -0.05) is 0 Å². The minimum atomic E-state index is 0.116. The van der Waals surface area contributed by atoms with Crippen molar-refractivity contribution in [1.29, 1.82) is 0 Å². The summed E-state index contributed by atoms with van der Waals surface area (Å²) >= 11 is 0. The molecule has 0 aliphatic carbocycles. The standard InChI is InChI=1S/C22H30N6O3/c1-14-24-17-10-19(30-13-29-6)16(9-20(17)31-14)18-11-23-21(26-25-18)28-8-7-15(12-28)27(5)22(2,3)4/h9-11,15H,7-8,12-13H2,1-6H3/t15-/m1/s1. The Kier molecular flexibility index (Phi) is 5.81. The number of nitrogens with zero attached hydrogens (tertiary/aromatic N) is 6. The predicted molar refractivity (Wildman–Crippen MR) is 118 cm³/mol. The van der Waals surface area contributed by atoms with Crippen LogP contribution in [-0.4, -0.2) is 70.7 Å². The molecule has 1 aromatic carbocycles. The van der Waals surface area contributed by atoms with Crippen LogP contribution in [0.4, 0.5) is 5.95 Å². The van der Waals surface area contributed by atoms with E-state index < -0.39 is 0 Å². The fourth-order valence-corrected chi connectivity index (χ4v) is 3.84. The van der Waals surface area contributed by atoms with Gasteiger partial charge in [-0.05, 0) is 40.3 Å². The molecular weight excluding hydrogens is 396 g/mol. The Bertz CT molecular complexity index is 1040. The molecule has 0 radical (unpaired) electrons. The molecule has 3 heterocycles. The molecule has 1 aliphatic heterocycles. The lowest BCUT2D eigenvalue weighted by Gasteiger charge is -2.36. The largest absolute Gasteiger partial charge is 0.467 e. The van der Waals surface area contributed by atoms with Gasteiger partial charge in [0.15, 0.2) is 18.3 Å². The fraction of sp³-hybridized carbons (Fsp3) is 0.545. The van der Waals surface area contributed by atoms with Crippen molar-refractivity contribution in [2.75, 3.05) is 38.9 Å². The summed E-state index contributed by atoms with van der Waals surface area (Å²) in [5.41, 5.74) is 2.85. The normalized spacial score (nSPS) is 17.1. The lowest BCUT2D eigenvalue weighted by atomic mass is 10.0. The Balaban J connectivity index is 1.57. The molecule has 4 rings (SSSR count). The van der Waals surface area contributed by atoms with Gasteiger partial charge in [-0.25, -0.2) is 9.97 Å². The lowest BCUT2D eigenvalue weighted by molar-refractivity contribution is 0.0516. The molecule has 0 spiro atoms. The molecule has 0 unspecified atom stereocenters. The van der Waals surface area contributed by atoms with Crippen LogP contribution >= 0.6 is 0 Å². The first kappa shape index (κ1) is 21.5. The summed E-state index contributed by atoms with van der Waals surface area (Å²) in [6, 6.07) is 4.15. The molecule has 1 saturated heterocycles. The Morgan fingerprint density at radius 3 is 2.74 bits per heavy atom. The van der Waals surface area contributed by atoms with Crippen LogP contribution < -0.4 is 9.64 Å². The molecule has 1 aliphatic rings. The first-order chi connectivity index (χ1) is 14.8. The van der Waals surface area contributed by atoms with E-state index in [2.05, 4.69) is 57.8 Å². The van der Waals surface area contributed by atoms with Crippen molar-refractivity contribution in [3.8, 4) is 17.0 Å². The Morgan fingerprint density at radius 2 is 2.06 bits per heavy atom. The topological polar surface area (TPSA) is 89.6 Å². The second-order valence-electron chi connectivity index (χ2n) is 8.91. The zero-order chi connectivity index (χ0) is 22.2. The van der Waals surface area contributed by atoms with Gasteiger partial charge in [0.2, 0.25) is 5.95 Å². The van der Waals surface area contributed by atoms with E-state index in [1.165, 1.54) is 0 Å². The van der Waals surface area contributed by atoms with Gasteiger partial charge < -0.3 is 18.8 Å². The van der Waals surface area contributed by atoms with E-state index in [0.717, 1.165) is 30.6 Å². The van der Waals surface area contributed by atoms with Crippen molar-refractivity contribution in [3.63, 3.8) is 0 Å². The highest BCUT2D eigenvalue weighted by Gasteiger charge is 2.32. The summed E-state index contributed by atoms with van der Waals surface area (Å²) < 4.78 is 16.5. The second kappa shape index (κ2) is 8.39. The third-order valence-corrected chi connectivity index (χ3v) is 5.81. The number of hydrogen-bond acceptors (Lipinski definition) is 9. The molecule has 166 valence electrons. The molecule has 31 heavy (non-hydrogen) atoms. The molecule has 0 bridgehead atoms. The Hall–Kier alpha value is -2.78. The summed E-state index contributed by atoms with van der Waals surface area (Å²) in [6.07, 6.45) is 2.81. The molecule has 0 saturated carbocycles. The zero-order valence-electron chi connectivity index (χ0n) is 19.0. The number of fused-ring (bicyclic) bond motifs is 1. The van der Waals surface area contributed by atoms with E-state index in [9.17, 15) is 0 Å². The minimum Gasteiger partial charge on any atom is -0.467 e. The number of ether oxygens (including phenoxy) is 2. The van der Waals surface area contributed by atoms with Gasteiger partial charge in [0.1, 0.15) is 17.0 Å². The average molecular weight is 427 g/mol. The average Bonchev–Trinajstić information content (AvgIpc) is 3.36. The molecule has 9 nitrogen and oxygen atoms in total. The van der Waals surface area contributed by atoms with Gasteiger partial charge in [0.25, 0.3) is 0 Å². The maximum atomic E-state index is 5.74. The van der Waals surface area contributed by atoms with E-state index in [-0.39, 0.29) is 12.3 Å². The second-order valence-corrected chi connectivity index (χ2v) is 8.91. The first-order valence-corrected chi connectivity index (χ1v) is 10.5. The molecule has 9 heteroatoms. The van der Waals surface area contributed by atoms with Crippen molar-refractivity contribution in [2.24, 2.45) is 0 Å². The van der Waals surface area contributed by atoms with Crippen LogP contribution in [0.1, 0.15) is 33.1 Å². The van der Waals surface area contributed by atoms with Crippen LogP contribution in [0.15, 0.2) is 22.7 Å². The van der Waals surface area contributed by atoms with Crippen LogP contribution in [0.25, 0.3) is 22.4 Å². The van der Waals surface area contributed by atoms with Crippen LogP contribution in [0.2, 0.25) is 0 Å². The van der Waals surface area contributed by atoms with Gasteiger partial charge in [-0.15, -0.1) is 10.2 Å². The Labute approximate surface area is 182 Å². The molecule has 2 aromatic heterocycles. The number of aromatic nitrogens is 4. The number of methoxy groups -OCH3 is 1. The van der Waals surface area contributed by atoms with Crippen LogP contribution in [0.3, 0.4) is 0 Å². The number of benzene rings is 1. The third-order valence-electron chi connectivity index (χ3n) is 5.81.